The van der Waals surface area contributed by atoms with Crippen molar-refractivity contribution in [1.29, 1.82) is 0 Å². The summed E-state index contributed by atoms with van der Waals surface area (Å²) in [5, 5.41) is 12.9. The number of aromatic hydroxyl groups is 1. The van der Waals surface area contributed by atoms with Crippen LogP contribution in [0.15, 0.2) is 66.7 Å². The number of ether oxygens (including phenoxy) is 1. The topological polar surface area (TPSA) is 29.5 Å². The maximum atomic E-state index is 10.7. The van der Waals surface area contributed by atoms with Gasteiger partial charge in [0.05, 0.1) is 0 Å². The van der Waals surface area contributed by atoms with E-state index in [1.807, 2.05) is 30.3 Å². The molecule has 0 spiro atoms. The van der Waals surface area contributed by atoms with Gasteiger partial charge in [0.25, 0.3) is 0 Å². The average Bonchev–Trinajstić information content (AvgIpc) is 2.60. The minimum atomic E-state index is 0.0132. The second-order valence-electron chi connectivity index (χ2n) is 7.34. The number of hydrogen-bond acceptors (Lipinski definition) is 2. The van der Waals surface area contributed by atoms with Crippen molar-refractivity contribution in [2.24, 2.45) is 5.41 Å². The third-order valence-corrected chi connectivity index (χ3v) is 6.19. The summed E-state index contributed by atoms with van der Waals surface area (Å²) >= 11 is 0.0867. The van der Waals surface area contributed by atoms with Crippen LogP contribution in [0.2, 0.25) is 0 Å². The molecule has 3 rings (SSSR count). The van der Waals surface area contributed by atoms with Crippen LogP contribution in [0.4, 0.5) is 0 Å². The fourth-order valence-corrected chi connectivity index (χ4v) is 5.51. The first-order chi connectivity index (χ1) is 12.4. The Balaban J connectivity index is 2.23. The average molecular weight is 411 g/mol. The Kier molecular flexibility index (Phi) is 5.41. The van der Waals surface area contributed by atoms with Gasteiger partial charge in [0.1, 0.15) is 0 Å². The number of hydrogen-bond donors (Lipinski definition) is 1. The van der Waals surface area contributed by atoms with E-state index in [1.54, 1.807) is 13.2 Å². The van der Waals surface area contributed by atoms with E-state index in [-0.39, 0.29) is 20.4 Å². The molecule has 0 atom stereocenters. The first-order valence-electron chi connectivity index (χ1n) is 8.63. The Bertz CT molecular complexity index is 938. The molecule has 1 N–H and O–H groups in total. The van der Waals surface area contributed by atoms with Crippen molar-refractivity contribution in [2.45, 2.75) is 20.8 Å². The molecule has 0 fully saturated rings. The summed E-state index contributed by atoms with van der Waals surface area (Å²) in [6.07, 6.45) is 2.29. The summed E-state index contributed by atoms with van der Waals surface area (Å²) < 4.78 is 7.89. The minimum absolute atomic E-state index is 0.0132. The summed E-state index contributed by atoms with van der Waals surface area (Å²) in [4.78, 5) is 0. The predicted octanol–water partition coefficient (Wildman–Crippen LogP) is 4.97. The summed E-state index contributed by atoms with van der Waals surface area (Å²) in [5.74, 6) is 1.12. The van der Waals surface area contributed by atoms with Crippen LogP contribution in [0.1, 0.15) is 26.3 Å². The van der Waals surface area contributed by atoms with Crippen LogP contribution in [0.5, 0.6) is 11.5 Å². The summed E-state index contributed by atoms with van der Waals surface area (Å²) in [6.45, 7) is 6.57. The van der Waals surface area contributed by atoms with E-state index in [9.17, 15) is 5.11 Å². The Hall–Kier alpha value is -2.22. The SMILES string of the molecule is COc1ccc2ccc(O)c(/C(=C\C(C)(C)C)[Se]c3ccccc3)c2c1. The van der Waals surface area contributed by atoms with Gasteiger partial charge in [-0.2, -0.15) is 0 Å². The number of fused-ring (bicyclic) bond motifs is 1. The molecule has 134 valence electrons. The molecule has 3 heteroatoms. The molecule has 0 saturated heterocycles. The molecule has 0 aliphatic carbocycles. The molecule has 0 aromatic heterocycles. The monoisotopic (exact) mass is 412 g/mol. The second kappa shape index (κ2) is 7.57. The number of phenols is 1. The van der Waals surface area contributed by atoms with Gasteiger partial charge in [-0.25, -0.2) is 0 Å². The van der Waals surface area contributed by atoms with Gasteiger partial charge in [0.15, 0.2) is 0 Å². The quantitative estimate of drug-likeness (QED) is 0.615. The van der Waals surface area contributed by atoms with Crippen LogP contribution in [0.25, 0.3) is 15.2 Å². The molecule has 0 heterocycles. The number of phenolic OH excluding ortho intramolecular Hbond substituents is 1. The van der Waals surface area contributed by atoms with Crippen molar-refractivity contribution >= 4 is 34.7 Å². The molecular formula is C23H24O2Se. The molecule has 0 saturated carbocycles. The van der Waals surface area contributed by atoms with Gasteiger partial charge in [-0.3, -0.25) is 0 Å². The van der Waals surface area contributed by atoms with E-state index < -0.39 is 0 Å². The van der Waals surface area contributed by atoms with E-state index >= 15 is 0 Å². The molecule has 0 radical (unpaired) electrons. The molecule has 0 aliphatic heterocycles. The standard InChI is InChI=1S/C23H24O2Se/c1-23(2,3)15-21(26-18-8-6-5-7-9-18)22-19-14-17(25-4)12-10-16(19)11-13-20(22)24/h5-15,24H,1-4H3/b21-15+. The van der Waals surface area contributed by atoms with Crippen LogP contribution >= 0.6 is 0 Å². The van der Waals surface area contributed by atoms with E-state index in [0.717, 1.165) is 22.1 Å². The Morgan fingerprint density at radius 3 is 2.35 bits per heavy atom. The summed E-state index contributed by atoms with van der Waals surface area (Å²) in [5.41, 5.74) is 0.930. The molecule has 2 nitrogen and oxygen atoms in total. The van der Waals surface area contributed by atoms with E-state index in [4.69, 9.17) is 4.74 Å². The molecule has 3 aromatic rings. The van der Waals surface area contributed by atoms with Gasteiger partial charge in [0, 0.05) is 0 Å². The first-order valence-corrected chi connectivity index (χ1v) is 10.3. The molecule has 0 aliphatic rings. The number of allylic oxidation sites excluding steroid dienone is 1. The summed E-state index contributed by atoms with van der Waals surface area (Å²) in [7, 11) is 1.67. The normalized spacial score (nSPS) is 12.4. The fraction of sp³-hybridized carbons (Fsp3) is 0.217. The van der Waals surface area contributed by atoms with E-state index in [0.29, 0.717) is 5.75 Å². The Morgan fingerprint density at radius 1 is 1.00 bits per heavy atom. The van der Waals surface area contributed by atoms with Crippen LogP contribution in [0.3, 0.4) is 0 Å². The van der Waals surface area contributed by atoms with Crippen LogP contribution in [0, 0.1) is 5.41 Å². The molecule has 0 amide bonds. The Morgan fingerprint density at radius 2 is 1.69 bits per heavy atom. The van der Waals surface area contributed by atoms with Crippen molar-refractivity contribution in [2.75, 3.05) is 7.11 Å². The van der Waals surface area contributed by atoms with Crippen molar-refractivity contribution in [3.8, 4) is 11.5 Å². The zero-order valence-electron chi connectivity index (χ0n) is 15.6. The third-order valence-electron chi connectivity index (χ3n) is 3.99. The molecule has 26 heavy (non-hydrogen) atoms. The second-order valence-corrected chi connectivity index (χ2v) is 9.68. The zero-order valence-corrected chi connectivity index (χ0v) is 17.3. The van der Waals surface area contributed by atoms with E-state index in [2.05, 4.69) is 51.1 Å². The number of rotatable bonds is 4. The van der Waals surface area contributed by atoms with Crippen LogP contribution in [-0.2, 0) is 0 Å². The first kappa shape index (κ1) is 18.6. The zero-order chi connectivity index (χ0) is 18.7. The van der Waals surface area contributed by atoms with Crippen molar-refractivity contribution in [3.63, 3.8) is 0 Å². The van der Waals surface area contributed by atoms with Gasteiger partial charge < -0.3 is 0 Å². The van der Waals surface area contributed by atoms with Gasteiger partial charge >= 0.3 is 162 Å². The van der Waals surface area contributed by atoms with Crippen molar-refractivity contribution in [3.05, 3.63) is 72.3 Å². The molecule has 0 unspecified atom stereocenters. The number of methoxy groups -OCH3 is 1. The number of benzene rings is 3. The predicted molar refractivity (Wildman–Crippen MR) is 111 cm³/mol. The third kappa shape index (κ3) is 4.30. The fourth-order valence-electron chi connectivity index (χ4n) is 2.83. The van der Waals surface area contributed by atoms with E-state index in [1.165, 1.54) is 8.93 Å². The van der Waals surface area contributed by atoms with Gasteiger partial charge in [-0.05, 0) is 0 Å². The van der Waals surface area contributed by atoms with Gasteiger partial charge in [-0.1, -0.05) is 0 Å². The van der Waals surface area contributed by atoms with Gasteiger partial charge in [0.2, 0.25) is 0 Å². The summed E-state index contributed by atoms with van der Waals surface area (Å²) in [6, 6.07) is 20.2. The van der Waals surface area contributed by atoms with Crippen molar-refractivity contribution in [1.82, 2.24) is 0 Å². The molecule has 0 bridgehead atoms. The maximum absolute atomic E-state index is 10.7. The molecule has 3 aromatic carbocycles. The Labute approximate surface area is 161 Å². The van der Waals surface area contributed by atoms with Crippen LogP contribution in [-0.4, -0.2) is 27.2 Å². The van der Waals surface area contributed by atoms with Gasteiger partial charge in [-0.15, -0.1) is 0 Å². The van der Waals surface area contributed by atoms with Crippen LogP contribution < -0.4 is 9.20 Å². The molecular weight excluding hydrogens is 387 g/mol. The van der Waals surface area contributed by atoms with Crippen molar-refractivity contribution < 1.29 is 9.84 Å².